The van der Waals surface area contributed by atoms with Crippen molar-refractivity contribution in [2.45, 2.75) is 111 Å². The topological polar surface area (TPSA) is 46.5 Å². The molecular formula is C32H46O3. The van der Waals surface area contributed by atoms with Crippen molar-refractivity contribution < 1.29 is 14.6 Å². The minimum atomic E-state index is -0.476. The molecule has 0 saturated carbocycles. The van der Waals surface area contributed by atoms with Gasteiger partial charge in [-0.15, -0.1) is 0 Å². The Morgan fingerprint density at radius 1 is 0.914 bits per heavy atom. The van der Waals surface area contributed by atoms with Crippen LogP contribution in [0.1, 0.15) is 122 Å². The smallest absolute Gasteiger partial charge is 0.335 e. The van der Waals surface area contributed by atoms with E-state index < -0.39 is 5.97 Å². The zero-order valence-electron chi connectivity index (χ0n) is 23.6. The summed E-state index contributed by atoms with van der Waals surface area (Å²) in [6.07, 6.45) is 3.99. The van der Waals surface area contributed by atoms with Crippen LogP contribution >= 0.6 is 0 Å². The summed E-state index contributed by atoms with van der Waals surface area (Å²) >= 11 is 0. The molecule has 0 spiro atoms. The molecular weight excluding hydrogens is 432 g/mol. The Labute approximate surface area is 213 Å². The molecule has 1 atom stereocenters. The van der Waals surface area contributed by atoms with Crippen LogP contribution in [0.25, 0.3) is 0 Å². The number of carbonyl (C=O) groups excluding carboxylic acids is 1. The first-order chi connectivity index (χ1) is 16.2. The molecule has 0 radical (unpaired) electrons. The van der Waals surface area contributed by atoms with E-state index in [1.807, 2.05) is 18.2 Å². The van der Waals surface area contributed by atoms with E-state index >= 15 is 0 Å². The lowest BCUT2D eigenvalue weighted by atomic mass is 9.73. The molecule has 0 heterocycles. The Kier molecular flexibility index (Phi) is 8.69. The molecule has 0 aliphatic carbocycles. The average Bonchev–Trinajstić information content (AvgIpc) is 2.83. The molecule has 1 unspecified atom stereocenters. The number of benzene rings is 2. The maximum atomic E-state index is 12.4. The summed E-state index contributed by atoms with van der Waals surface area (Å²) in [7, 11) is 0. The second kappa shape index (κ2) is 10.6. The van der Waals surface area contributed by atoms with Gasteiger partial charge in [0.25, 0.3) is 0 Å². The molecule has 3 heteroatoms. The number of aromatic hydroxyl groups is 1. The van der Waals surface area contributed by atoms with Crippen LogP contribution < -0.4 is 4.74 Å². The van der Waals surface area contributed by atoms with Crippen molar-refractivity contribution in [3.8, 4) is 11.5 Å². The third kappa shape index (κ3) is 5.82. The van der Waals surface area contributed by atoms with Gasteiger partial charge < -0.3 is 9.84 Å². The minimum Gasteiger partial charge on any atom is -0.507 e. The predicted molar refractivity (Wildman–Crippen MR) is 148 cm³/mol. The van der Waals surface area contributed by atoms with Gasteiger partial charge in [-0.25, -0.2) is 4.79 Å². The minimum absolute atomic E-state index is 0.0368. The van der Waals surface area contributed by atoms with Gasteiger partial charge in [0.15, 0.2) is 0 Å². The fourth-order valence-electron chi connectivity index (χ4n) is 4.33. The number of carbonyl (C=O) groups is 1. The lowest BCUT2D eigenvalue weighted by Gasteiger charge is -2.32. The maximum Gasteiger partial charge on any atom is 0.335 e. The first kappa shape index (κ1) is 28.7. The largest absolute Gasteiger partial charge is 0.507 e. The van der Waals surface area contributed by atoms with Crippen LogP contribution in [0.3, 0.4) is 0 Å². The molecule has 0 amide bonds. The predicted octanol–water partition coefficient (Wildman–Crippen LogP) is 8.70. The SMILES string of the molecule is C=CC(=O)Oc1c(C(C)c2cc(C(C)(C)CC)cc(C(C)(C)CC)c2O)cccc1C(C)(C)CC. The van der Waals surface area contributed by atoms with Crippen LogP contribution in [0, 0.1) is 0 Å². The summed E-state index contributed by atoms with van der Waals surface area (Å²) in [6.45, 7) is 25.4. The van der Waals surface area contributed by atoms with Gasteiger partial charge in [-0.05, 0) is 41.1 Å². The summed E-state index contributed by atoms with van der Waals surface area (Å²) in [4.78, 5) is 12.4. The molecule has 0 aromatic heterocycles. The number of esters is 1. The lowest BCUT2D eigenvalue weighted by molar-refractivity contribution is -0.129. The first-order valence-corrected chi connectivity index (χ1v) is 13.0. The molecule has 0 fully saturated rings. The Morgan fingerprint density at radius 3 is 1.97 bits per heavy atom. The van der Waals surface area contributed by atoms with Gasteiger partial charge in [-0.1, -0.05) is 106 Å². The number of hydrogen-bond donors (Lipinski definition) is 1. The maximum absolute atomic E-state index is 12.4. The highest BCUT2D eigenvalue weighted by atomic mass is 16.5. The highest BCUT2D eigenvalue weighted by Crippen LogP contribution is 2.47. The van der Waals surface area contributed by atoms with E-state index in [2.05, 4.69) is 87.9 Å². The quantitative estimate of drug-likeness (QED) is 0.211. The lowest BCUT2D eigenvalue weighted by Crippen LogP contribution is -2.22. The van der Waals surface area contributed by atoms with Crippen molar-refractivity contribution in [1.29, 1.82) is 0 Å². The van der Waals surface area contributed by atoms with Crippen molar-refractivity contribution in [2.75, 3.05) is 0 Å². The van der Waals surface area contributed by atoms with Gasteiger partial charge in [-0.3, -0.25) is 0 Å². The molecule has 2 aromatic rings. The fraction of sp³-hybridized carbons (Fsp3) is 0.531. The Hall–Kier alpha value is -2.55. The highest BCUT2D eigenvalue weighted by Gasteiger charge is 2.32. The van der Waals surface area contributed by atoms with Crippen LogP contribution in [0.15, 0.2) is 43.0 Å². The molecule has 0 bridgehead atoms. The molecule has 0 saturated heterocycles. The Bertz CT molecular complexity index is 1070. The number of phenolic OH excluding ortho intramolecular Hbond substituents is 1. The van der Waals surface area contributed by atoms with Gasteiger partial charge in [0.2, 0.25) is 0 Å². The third-order valence-electron chi connectivity index (χ3n) is 8.38. The number of para-hydroxylation sites is 1. The van der Waals surface area contributed by atoms with Crippen LogP contribution in [0.4, 0.5) is 0 Å². The number of hydrogen-bond acceptors (Lipinski definition) is 3. The van der Waals surface area contributed by atoms with E-state index in [1.54, 1.807) is 0 Å². The van der Waals surface area contributed by atoms with E-state index in [9.17, 15) is 9.90 Å². The van der Waals surface area contributed by atoms with E-state index in [0.717, 1.165) is 41.5 Å². The second-order valence-electron chi connectivity index (χ2n) is 11.7. The van der Waals surface area contributed by atoms with Gasteiger partial charge >= 0.3 is 5.97 Å². The van der Waals surface area contributed by atoms with Crippen LogP contribution in [-0.4, -0.2) is 11.1 Å². The number of phenols is 1. The summed E-state index contributed by atoms with van der Waals surface area (Å²) in [5, 5.41) is 11.6. The first-order valence-electron chi connectivity index (χ1n) is 13.0. The fourth-order valence-corrected chi connectivity index (χ4v) is 4.33. The molecule has 1 N–H and O–H groups in total. The van der Waals surface area contributed by atoms with E-state index in [4.69, 9.17) is 4.74 Å². The normalized spacial score (nSPS) is 13.4. The van der Waals surface area contributed by atoms with Gasteiger partial charge in [0.1, 0.15) is 11.5 Å². The Balaban J connectivity index is 2.89. The number of ether oxygens (including phenoxy) is 1. The molecule has 0 aliphatic heterocycles. The molecule has 3 nitrogen and oxygen atoms in total. The monoisotopic (exact) mass is 478 g/mol. The number of rotatable bonds is 10. The van der Waals surface area contributed by atoms with Crippen LogP contribution in [-0.2, 0) is 21.0 Å². The van der Waals surface area contributed by atoms with E-state index in [1.165, 1.54) is 11.6 Å². The standard InChI is InChI=1S/C32H46O3/c1-12-27(33)35-29-23(17-16-18-25(29)31(8,9)14-3)21(5)24-19-22(30(6,7)13-2)20-26(28(24)34)32(10,11)15-4/h12,16-21,34H,1,13-15H2,2-11H3. The van der Waals surface area contributed by atoms with Crippen molar-refractivity contribution in [1.82, 2.24) is 0 Å². The van der Waals surface area contributed by atoms with Gasteiger partial charge in [0.05, 0.1) is 0 Å². The molecule has 192 valence electrons. The zero-order valence-corrected chi connectivity index (χ0v) is 23.6. The summed E-state index contributed by atoms with van der Waals surface area (Å²) < 4.78 is 5.90. The summed E-state index contributed by atoms with van der Waals surface area (Å²) in [5.41, 5.74) is 4.52. The second-order valence-corrected chi connectivity index (χ2v) is 11.7. The van der Waals surface area contributed by atoms with Crippen LogP contribution in [0.2, 0.25) is 0 Å². The van der Waals surface area contributed by atoms with Gasteiger partial charge in [0, 0.05) is 34.2 Å². The van der Waals surface area contributed by atoms with Gasteiger partial charge in [-0.2, -0.15) is 0 Å². The van der Waals surface area contributed by atoms with Crippen molar-refractivity contribution >= 4 is 5.97 Å². The van der Waals surface area contributed by atoms with E-state index in [-0.39, 0.29) is 22.2 Å². The molecule has 2 aromatic carbocycles. The molecule has 0 aliphatic rings. The molecule has 2 rings (SSSR count). The highest BCUT2D eigenvalue weighted by molar-refractivity contribution is 5.84. The molecule has 35 heavy (non-hydrogen) atoms. The Morgan fingerprint density at radius 2 is 1.46 bits per heavy atom. The average molecular weight is 479 g/mol. The zero-order chi connectivity index (χ0) is 26.8. The van der Waals surface area contributed by atoms with Crippen molar-refractivity contribution in [2.24, 2.45) is 0 Å². The summed E-state index contributed by atoms with van der Waals surface area (Å²) in [6, 6.07) is 10.4. The van der Waals surface area contributed by atoms with Crippen molar-refractivity contribution in [3.05, 3.63) is 70.8 Å². The summed E-state index contributed by atoms with van der Waals surface area (Å²) in [5.74, 6) is 0.249. The van der Waals surface area contributed by atoms with E-state index in [0.29, 0.717) is 11.5 Å². The van der Waals surface area contributed by atoms with Crippen LogP contribution in [0.5, 0.6) is 11.5 Å². The third-order valence-corrected chi connectivity index (χ3v) is 8.38. The van der Waals surface area contributed by atoms with Crippen molar-refractivity contribution in [3.63, 3.8) is 0 Å².